The van der Waals surface area contributed by atoms with Crippen LogP contribution in [-0.2, 0) is 16.1 Å². The van der Waals surface area contributed by atoms with E-state index in [0.29, 0.717) is 13.1 Å². The number of rotatable bonds is 5. The van der Waals surface area contributed by atoms with Gasteiger partial charge in [-0.2, -0.15) is 0 Å². The fourth-order valence-electron chi connectivity index (χ4n) is 4.55. The summed E-state index contributed by atoms with van der Waals surface area (Å²) in [4.78, 5) is 15.3. The van der Waals surface area contributed by atoms with E-state index in [0.717, 1.165) is 30.8 Å². The molecule has 1 aromatic carbocycles. The lowest BCUT2D eigenvalue weighted by Gasteiger charge is -2.65. The zero-order valence-electron chi connectivity index (χ0n) is 15.7. The number of hydrogen-bond donors (Lipinski definition) is 1. The van der Waals surface area contributed by atoms with Gasteiger partial charge in [-0.15, -0.1) is 0 Å². The van der Waals surface area contributed by atoms with Gasteiger partial charge in [-0.25, -0.2) is 0 Å². The standard InChI is InChI=1S/C20H30N2O3/c1-5-22(13-14-8-10-15(24-4)11-9-14)18(23)20(21)16-7-6-12-25-17(16)19(20,2)3/h8-11,16-17H,5-7,12-13,21H2,1-4H3. The van der Waals surface area contributed by atoms with Crippen LogP contribution in [0.2, 0.25) is 0 Å². The number of carbonyl (C=O) groups excluding carboxylic acids is 1. The zero-order chi connectivity index (χ0) is 18.2. The molecule has 2 N–H and O–H groups in total. The molecule has 138 valence electrons. The number of nitrogens with zero attached hydrogens (tertiary/aromatic N) is 1. The van der Waals surface area contributed by atoms with E-state index in [1.165, 1.54) is 0 Å². The van der Waals surface area contributed by atoms with Crippen LogP contribution in [0.25, 0.3) is 0 Å². The van der Waals surface area contributed by atoms with Gasteiger partial charge in [-0.3, -0.25) is 4.79 Å². The maximum Gasteiger partial charge on any atom is 0.243 e. The van der Waals surface area contributed by atoms with Crippen molar-refractivity contribution in [3.63, 3.8) is 0 Å². The Labute approximate surface area is 150 Å². The van der Waals surface area contributed by atoms with Crippen molar-refractivity contribution in [1.82, 2.24) is 4.90 Å². The first-order valence-electron chi connectivity index (χ1n) is 9.19. The second-order valence-corrected chi connectivity index (χ2v) is 7.80. The number of benzene rings is 1. The Bertz CT molecular complexity index is 628. The van der Waals surface area contributed by atoms with Gasteiger partial charge in [0, 0.05) is 31.0 Å². The van der Waals surface area contributed by atoms with Gasteiger partial charge in [0.1, 0.15) is 11.3 Å². The van der Waals surface area contributed by atoms with Crippen molar-refractivity contribution in [3.05, 3.63) is 29.8 Å². The van der Waals surface area contributed by atoms with Gasteiger partial charge in [0.05, 0.1) is 13.2 Å². The molecule has 0 spiro atoms. The zero-order valence-corrected chi connectivity index (χ0v) is 15.7. The number of nitrogens with two attached hydrogens (primary N) is 1. The van der Waals surface area contributed by atoms with Gasteiger partial charge in [0.25, 0.3) is 0 Å². The molecule has 1 aromatic rings. The molecule has 1 heterocycles. The Balaban J connectivity index is 1.79. The average molecular weight is 346 g/mol. The smallest absolute Gasteiger partial charge is 0.243 e. The summed E-state index contributed by atoms with van der Waals surface area (Å²) in [6.07, 6.45) is 2.04. The molecular weight excluding hydrogens is 316 g/mol. The molecule has 25 heavy (non-hydrogen) atoms. The molecular formula is C20H30N2O3. The van der Waals surface area contributed by atoms with Crippen molar-refractivity contribution in [3.8, 4) is 5.75 Å². The van der Waals surface area contributed by atoms with Crippen molar-refractivity contribution in [1.29, 1.82) is 0 Å². The van der Waals surface area contributed by atoms with Crippen molar-refractivity contribution < 1.29 is 14.3 Å². The van der Waals surface area contributed by atoms with Crippen molar-refractivity contribution >= 4 is 5.91 Å². The van der Waals surface area contributed by atoms with Crippen LogP contribution >= 0.6 is 0 Å². The molecule has 1 saturated carbocycles. The highest BCUT2D eigenvalue weighted by atomic mass is 16.5. The van der Waals surface area contributed by atoms with Crippen LogP contribution < -0.4 is 10.5 Å². The Morgan fingerprint density at radius 2 is 2.04 bits per heavy atom. The fourth-order valence-corrected chi connectivity index (χ4v) is 4.55. The summed E-state index contributed by atoms with van der Waals surface area (Å²) in [6, 6.07) is 7.83. The predicted octanol–water partition coefficient (Wildman–Crippen LogP) is 2.58. The topological polar surface area (TPSA) is 64.8 Å². The number of hydrogen-bond acceptors (Lipinski definition) is 4. The number of carbonyl (C=O) groups is 1. The molecule has 0 radical (unpaired) electrons. The minimum Gasteiger partial charge on any atom is -0.497 e. The maximum atomic E-state index is 13.4. The third kappa shape index (κ3) is 2.74. The van der Waals surface area contributed by atoms with Crippen molar-refractivity contribution in [2.24, 2.45) is 17.1 Å². The molecule has 3 unspecified atom stereocenters. The quantitative estimate of drug-likeness (QED) is 0.890. The molecule has 0 aromatic heterocycles. The van der Waals surface area contributed by atoms with Gasteiger partial charge in [0.15, 0.2) is 0 Å². The Morgan fingerprint density at radius 3 is 2.64 bits per heavy atom. The van der Waals surface area contributed by atoms with Crippen LogP contribution in [0.15, 0.2) is 24.3 Å². The van der Waals surface area contributed by atoms with Gasteiger partial charge in [-0.05, 0) is 37.5 Å². The average Bonchev–Trinajstić information content (AvgIpc) is 2.65. The van der Waals surface area contributed by atoms with Gasteiger partial charge in [-0.1, -0.05) is 26.0 Å². The van der Waals surface area contributed by atoms with Gasteiger partial charge >= 0.3 is 0 Å². The number of fused-ring (bicyclic) bond motifs is 1. The normalized spacial score (nSPS) is 30.1. The first-order valence-corrected chi connectivity index (χ1v) is 9.19. The highest BCUT2D eigenvalue weighted by Gasteiger charge is 2.70. The van der Waals surface area contributed by atoms with Crippen LogP contribution in [0.4, 0.5) is 0 Å². The van der Waals surface area contributed by atoms with E-state index in [4.69, 9.17) is 15.2 Å². The molecule has 1 saturated heterocycles. The lowest BCUT2D eigenvalue weighted by Crippen LogP contribution is -2.82. The second-order valence-electron chi connectivity index (χ2n) is 7.80. The molecule has 1 aliphatic carbocycles. The monoisotopic (exact) mass is 346 g/mol. The highest BCUT2D eigenvalue weighted by Crippen LogP contribution is 2.58. The number of likely N-dealkylation sites (N-methyl/N-ethyl adjacent to an activating group) is 1. The minimum atomic E-state index is -0.847. The fraction of sp³-hybridized carbons (Fsp3) is 0.650. The van der Waals surface area contributed by atoms with E-state index < -0.39 is 5.54 Å². The van der Waals surface area contributed by atoms with Crippen molar-refractivity contribution in [2.45, 2.75) is 51.8 Å². The summed E-state index contributed by atoms with van der Waals surface area (Å²) in [5, 5.41) is 0. The first kappa shape index (κ1) is 18.2. The van der Waals surface area contributed by atoms with E-state index >= 15 is 0 Å². The second kappa shape index (κ2) is 6.61. The van der Waals surface area contributed by atoms with E-state index in [1.807, 2.05) is 36.1 Å². The molecule has 3 rings (SSSR count). The Kier molecular flexibility index (Phi) is 4.82. The summed E-state index contributed by atoms with van der Waals surface area (Å²) in [7, 11) is 1.65. The third-order valence-corrected chi connectivity index (χ3v) is 6.24. The number of methoxy groups -OCH3 is 1. The van der Waals surface area contributed by atoms with Gasteiger partial charge < -0.3 is 20.1 Å². The maximum absolute atomic E-state index is 13.4. The lowest BCUT2D eigenvalue weighted by atomic mass is 9.46. The largest absolute Gasteiger partial charge is 0.497 e. The highest BCUT2D eigenvalue weighted by molar-refractivity contribution is 5.89. The molecule has 5 nitrogen and oxygen atoms in total. The summed E-state index contributed by atoms with van der Waals surface area (Å²) < 4.78 is 11.1. The minimum absolute atomic E-state index is 0.0440. The summed E-state index contributed by atoms with van der Waals surface area (Å²) in [5.74, 6) is 0.979. The Hall–Kier alpha value is -1.59. The van der Waals surface area contributed by atoms with Crippen LogP contribution in [0.3, 0.4) is 0 Å². The van der Waals surface area contributed by atoms with Crippen molar-refractivity contribution in [2.75, 3.05) is 20.3 Å². The molecule has 0 bridgehead atoms. The van der Waals surface area contributed by atoms with Crippen LogP contribution in [0.5, 0.6) is 5.75 Å². The summed E-state index contributed by atoms with van der Waals surface area (Å²) in [6.45, 7) is 8.12. The molecule has 2 aliphatic rings. The number of amides is 1. The molecule has 3 atom stereocenters. The molecule has 1 aliphatic heterocycles. The van der Waals surface area contributed by atoms with E-state index in [9.17, 15) is 4.79 Å². The van der Waals surface area contributed by atoms with Gasteiger partial charge in [0.2, 0.25) is 5.91 Å². The Morgan fingerprint density at radius 1 is 1.36 bits per heavy atom. The van der Waals surface area contributed by atoms with Crippen LogP contribution in [-0.4, -0.2) is 42.7 Å². The third-order valence-electron chi connectivity index (χ3n) is 6.24. The predicted molar refractivity (Wildman–Crippen MR) is 97.2 cm³/mol. The van der Waals surface area contributed by atoms with Crippen LogP contribution in [0, 0.1) is 11.3 Å². The summed E-state index contributed by atoms with van der Waals surface area (Å²) >= 11 is 0. The molecule has 1 amide bonds. The van der Waals surface area contributed by atoms with E-state index in [2.05, 4.69) is 13.8 Å². The number of ether oxygens (including phenoxy) is 2. The lowest BCUT2D eigenvalue weighted by molar-refractivity contribution is -0.230. The van der Waals surface area contributed by atoms with E-state index in [1.54, 1.807) is 7.11 Å². The van der Waals surface area contributed by atoms with Crippen LogP contribution in [0.1, 0.15) is 39.2 Å². The molecule has 2 fully saturated rings. The molecule has 5 heteroatoms. The summed E-state index contributed by atoms with van der Waals surface area (Å²) in [5.41, 5.74) is 6.65. The van der Waals surface area contributed by atoms with E-state index in [-0.39, 0.29) is 23.3 Å². The first-order chi connectivity index (χ1) is 11.9. The SMILES string of the molecule is CCN(Cc1ccc(OC)cc1)C(=O)C1(N)C2CCCOC2C1(C)C.